The van der Waals surface area contributed by atoms with Gasteiger partial charge >= 0.3 is 6.09 Å². The van der Waals surface area contributed by atoms with E-state index in [1.165, 1.54) is 0 Å². The summed E-state index contributed by atoms with van der Waals surface area (Å²) in [6.07, 6.45) is -0.582. The summed E-state index contributed by atoms with van der Waals surface area (Å²) in [5.41, 5.74) is -1.35. The molecular formula is C15H30N2O3. The van der Waals surface area contributed by atoms with Crippen molar-refractivity contribution in [3.63, 3.8) is 0 Å². The molecule has 0 rings (SSSR count). The van der Waals surface area contributed by atoms with Gasteiger partial charge in [-0.2, -0.15) is 0 Å². The summed E-state index contributed by atoms with van der Waals surface area (Å²) >= 11 is 0. The van der Waals surface area contributed by atoms with Gasteiger partial charge in [0.25, 0.3) is 0 Å². The molecule has 0 saturated heterocycles. The zero-order valence-corrected chi connectivity index (χ0v) is 14.3. The zero-order valence-electron chi connectivity index (χ0n) is 14.3. The average molecular weight is 286 g/mol. The standard InChI is InChI=1S/C15H30N2O3/c1-13(2,3)10(11(18)17-14(4,5)6)16-12(19)20-15(7,8)9/h10H,1-9H3,(H,16,19)(H,17,18)/t10-/m1/s1. The van der Waals surface area contributed by atoms with Crippen molar-refractivity contribution in [1.82, 2.24) is 10.6 Å². The summed E-state index contributed by atoms with van der Waals surface area (Å²) in [5, 5.41) is 5.55. The number of carbonyl (C=O) groups excluding carboxylic acids is 2. The van der Waals surface area contributed by atoms with Gasteiger partial charge in [0, 0.05) is 5.54 Å². The molecule has 5 nitrogen and oxygen atoms in total. The molecule has 0 aliphatic carbocycles. The van der Waals surface area contributed by atoms with E-state index in [0.717, 1.165) is 0 Å². The molecular weight excluding hydrogens is 256 g/mol. The Labute approximate surface area is 122 Å². The quantitative estimate of drug-likeness (QED) is 0.820. The fourth-order valence-electron chi connectivity index (χ4n) is 1.54. The van der Waals surface area contributed by atoms with Crippen molar-refractivity contribution in [2.24, 2.45) is 5.41 Å². The third-order valence-corrected chi connectivity index (χ3v) is 2.29. The molecule has 0 saturated carbocycles. The molecule has 2 amide bonds. The normalized spacial score (nSPS) is 14.4. The minimum absolute atomic E-state index is 0.212. The minimum Gasteiger partial charge on any atom is -0.444 e. The molecule has 5 heteroatoms. The Hall–Kier alpha value is -1.26. The number of hydrogen-bond acceptors (Lipinski definition) is 3. The van der Waals surface area contributed by atoms with Crippen LogP contribution >= 0.6 is 0 Å². The highest BCUT2D eigenvalue weighted by atomic mass is 16.6. The Bertz CT molecular complexity index is 357. The summed E-state index contributed by atoms with van der Waals surface area (Å²) in [4.78, 5) is 24.2. The lowest BCUT2D eigenvalue weighted by Gasteiger charge is -2.33. The van der Waals surface area contributed by atoms with Crippen LogP contribution in [0.1, 0.15) is 62.3 Å². The van der Waals surface area contributed by atoms with Crippen molar-refractivity contribution in [2.75, 3.05) is 0 Å². The molecule has 0 radical (unpaired) electrons. The SMILES string of the molecule is CC(C)(C)NC(=O)[C@@H](NC(=O)OC(C)(C)C)C(C)(C)C. The average Bonchev–Trinajstić information content (AvgIpc) is 2.05. The number of ether oxygens (including phenoxy) is 1. The highest BCUT2D eigenvalue weighted by molar-refractivity contribution is 5.86. The first-order valence-corrected chi connectivity index (χ1v) is 6.93. The topological polar surface area (TPSA) is 67.4 Å². The Morgan fingerprint density at radius 2 is 1.35 bits per heavy atom. The van der Waals surface area contributed by atoms with E-state index < -0.39 is 23.2 Å². The summed E-state index contributed by atoms with van der Waals surface area (Å²) in [5.74, 6) is -0.212. The van der Waals surface area contributed by atoms with Crippen molar-refractivity contribution < 1.29 is 14.3 Å². The Kier molecular flexibility index (Phi) is 5.64. The number of alkyl carbamates (subject to hydrolysis) is 1. The van der Waals surface area contributed by atoms with Crippen LogP contribution < -0.4 is 10.6 Å². The third kappa shape index (κ3) is 8.02. The molecule has 1 atom stereocenters. The second-order valence-corrected chi connectivity index (χ2v) is 8.18. The van der Waals surface area contributed by atoms with E-state index in [1.807, 2.05) is 41.5 Å². The molecule has 0 heterocycles. The maximum Gasteiger partial charge on any atom is 0.408 e. The van der Waals surface area contributed by atoms with E-state index >= 15 is 0 Å². The lowest BCUT2D eigenvalue weighted by molar-refractivity contribution is -0.127. The van der Waals surface area contributed by atoms with E-state index in [9.17, 15) is 9.59 Å². The minimum atomic E-state index is -0.656. The molecule has 0 spiro atoms. The molecule has 0 aromatic rings. The predicted molar refractivity (Wildman–Crippen MR) is 80.5 cm³/mol. The molecule has 0 aromatic carbocycles. The Balaban J connectivity index is 4.93. The van der Waals surface area contributed by atoms with Crippen LogP contribution in [0.4, 0.5) is 4.79 Å². The predicted octanol–water partition coefficient (Wildman–Crippen LogP) is 2.84. The maximum absolute atomic E-state index is 12.3. The number of rotatable bonds is 2. The van der Waals surface area contributed by atoms with Crippen molar-refractivity contribution in [1.29, 1.82) is 0 Å². The smallest absolute Gasteiger partial charge is 0.408 e. The van der Waals surface area contributed by atoms with E-state index in [1.54, 1.807) is 20.8 Å². The van der Waals surface area contributed by atoms with Gasteiger partial charge in [0.05, 0.1) is 0 Å². The van der Waals surface area contributed by atoms with Crippen molar-refractivity contribution in [3.8, 4) is 0 Å². The van der Waals surface area contributed by atoms with Crippen molar-refractivity contribution in [2.45, 2.75) is 79.5 Å². The summed E-state index contributed by atoms with van der Waals surface area (Å²) < 4.78 is 5.21. The molecule has 0 aliphatic rings. The van der Waals surface area contributed by atoms with Crippen LogP contribution in [0, 0.1) is 5.41 Å². The van der Waals surface area contributed by atoms with E-state index in [4.69, 9.17) is 4.74 Å². The van der Waals surface area contributed by atoms with Gasteiger partial charge in [-0.1, -0.05) is 20.8 Å². The third-order valence-electron chi connectivity index (χ3n) is 2.29. The molecule has 0 aromatic heterocycles. The van der Waals surface area contributed by atoms with Crippen LogP contribution in [0.25, 0.3) is 0 Å². The van der Waals surface area contributed by atoms with Crippen LogP contribution in [0.3, 0.4) is 0 Å². The van der Waals surface area contributed by atoms with Crippen LogP contribution in [0.15, 0.2) is 0 Å². The summed E-state index contributed by atoms with van der Waals surface area (Å²) in [6.45, 7) is 16.8. The lowest BCUT2D eigenvalue weighted by Crippen LogP contribution is -2.57. The first-order chi connectivity index (χ1) is 8.62. The van der Waals surface area contributed by atoms with E-state index in [-0.39, 0.29) is 11.4 Å². The van der Waals surface area contributed by atoms with Gasteiger partial charge in [-0.3, -0.25) is 4.79 Å². The molecule has 2 N–H and O–H groups in total. The van der Waals surface area contributed by atoms with Crippen LogP contribution in [-0.4, -0.2) is 29.2 Å². The molecule has 0 aliphatic heterocycles. The Morgan fingerprint density at radius 1 is 0.900 bits per heavy atom. The fraction of sp³-hybridized carbons (Fsp3) is 0.867. The number of nitrogens with one attached hydrogen (secondary N) is 2. The maximum atomic E-state index is 12.3. The molecule has 0 bridgehead atoms. The fourth-order valence-corrected chi connectivity index (χ4v) is 1.54. The summed E-state index contributed by atoms with van der Waals surface area (Å²) in [7, 11) is 0. The highest BCUT2D eigenvalue weighted by Gasteiger charge is 2.35. The van der Waals surface area contributed by atoms with Gasteiger partial charge < -0.3 is 15.4 Å². The monoisotopic (exact) mass is 286 g/mol. The van der Waals surface area contributed by atoms with Crippen LogP contribution in [0.5, 0.6) is 0 Å². The van der Waals surface area contributed by atoms with Crippen molar-refractivity contribution >= 4 is 12.0 Å². The first-order valence-electron chi connectivity index (χ1n) is 6.93. The van der Waals surface area contributed by atoms with Crippen molar-refractivity contribution in [3.05, 3.63) is 0 Å². The van der Waals surface area contributed by atoms with Gasteiger partial charge in [-0.15, -0.1) is 0 Å². The largest absolute Gasteiger partial charge is 0.444 e. The van der Waals surface area contributed by atoms with Gasteiger partial charge in [0.2, 0.25) is 5.91 Å². The van der Waals surface area contributed by atoms with Gasteiger partial charge in [0.15, 0.2) is 0 Å². The number of amides is 2. The first kappa shape index (κ1) is 18.7. The number of hydrogen-bond donors (Lipinski definition) is 2. The van der Waals surface area contributed by atoms with Gasteiger partial charge in [-0.05, 0) is 47.0 Å². The van der Waals surface area contributed by atoms with E-state index in [2.05, 4.69) is 10.6 Å². The molecule has 118 valence electrons. The van der Waals surface area contributed by atoms with Gasteiger partial charge in [0.1, 0.15) is 11.6 Å². The summed E-state index contributed by atoms with van der Waals surface area (Å²) in [6, 6.07) is -0.656. The van der Waals surface area contributed by atoms with Gasteiger partial charge in [-0.25, -0.2) is 4.79 Å². The lowest BCUT2D eigenvalue weighted by atomic mass is 9.85. The van der Waals surface area contributed by atoms with Crippen LogP contribution in [0.2, 0.25) is 0 Å². The second-order valence-electron chi connectivity index (χ2n) is 8.18. The second kappa shape index (κ2) is 6.02. The van der Waals surface area contributed by atoms with E-state index in [0.29, 0.717) is 0 Å². The highest BCUT2D eigenvalue weighted by Crippen LogP contribution is 2.21. The van der Waals surface area contributed by atoms with Crippen LogP contribution in [-0.2, 0) is 9.53 Å². The zero-order chi connectivity index (χ0) is 16.4. The Morgan fingerprint density at radius 3 is 1.65 bits per heavy atom. The number of carbonyl (C=O) groups is 2. The molecule has 20 heavy (non-hydrogen) atoms. The molecule has 0 fully saturated rings. The molecule has 0 unspecified atom stereocenters.